The molecule has 2 N–H and O–H groups in total. The van der Waals surface area contributed by atoms with Gasteiger partial charge in [0.05, 0.1) is 5.41 Å². The molecule has 1 atom stereocenters. The van der Waals surface area contributed by atoms with Crippen molar-refractivity contribution in [1.82, 2.24) is 5.32 Å². The van der Waals surface area contributed by atoms with E-state index in [1.54, 1.807) is 7.11 Å². The number of carbonyl (C=O) groups excluding carboxylic acids is 1. The summed E-state index contributed by atoms with van der Waals surface area (Å²) in [5.41, 5.74) is -0.406. The number of carboxylic acids is 1. The highest BCUT2D eigenvalue weighted by molar-refractivity contribution is 5.89. The van der Waals surface area contributed by atoms with Crippen molar-refractivity contribution >= 4 is 11.9 Å². The molecule has 0 radical (unpaired) electrons. The minimum absolute atomic E-state index is 0.178. The smallest absolute Gasteiger partial charge is 0.326 e. The molecule has 0 aromatic heterocycles. The number of rotatable bonds is 9. The molecule has 104 valence electrons. The SMILES string of the molecule is COCCC(NC(=O)C1(CCOC)CC1)C(=O)O. The van der Waals surface area contributed by atoms with Crippen molar-refractivity contribution in [3.8, 4) is 0 Å². The Morgan fingerprint density at radius 1 is 1.28 bits per heavy atom. The largest absolute Gasteiger partial charge is 0.480 e. The molecule has 0 aliphatic heterocycles. The first-order valence-corrected chi connectivity index (χ1v) is 6.07. The maximum Gasteiger partial charge on any atom is 0.326 e. The molecule has 6 nitrogen and oxygen atoms in total. The summed E-state index contributed by atoms with van der Waals surface area (Å²) in [4.78, 5) is 23.0. The molecule has 0 aromatic carbocycles. The first-order chi connectivity index (χ1) is 8.55. The van der Waals surface area contributed by atoms with E-state index in [-0.39, 0.29) is 12.3 Å². The molecule has 0 heterocycles. The molecule has 1 fully saturated rings. The summed E-state index contributed by atoms with van der Waals surface area (Å²) in [5, 5.41) is 11.6. The molecule has 0 saturated heterocycles. The molecule has 0 spiro atoms. The maximum absolute atomic E-state index is 12.0. The van der Waals surface area contributed by atoms with Crippen LogP contribution in [-0.2, 0) is 19.1 Å². The Morgan fingerprint density at radius 3 is 2.33 bits per heavy atom. The summed E-state index contributed by atoms with van der Waals surface area (Å²) in [6.45, 7) is 0.825. The minimum Gasteiger partial charge on any atom is -0.480 e. The lowest BCUT2D eigenvalue weighted by atomic mass is 10.0. The molecule has 1 amide bonds. The highest BCUT2D eigenvalue weighted by Gasteiger charge is 2.49. The molecule has 1 aliphatic carbocycles. The van der Waals surface area contributed by atoms with Gasteiger partial charge in [-0.1, -0.05) is 0 Å². The minimum atomic E-state index is -1.03. The number of methoxy groups -OCH3 is 2. The lowest BCUT2D eigenvalue weighted by Gasteiger charge is -2.19. The van der Waals surface area contributed by atoms with Gasteiger partial charge in [0, 0.05) is 33.9 Å². The van der Waals surface area contributed by atoms with Gasteiger partial charge in [-0.3, -0.25) is 4.79 Å². The summed E-state index contributed by atoms with van der Waals surface area (Å²) >= 11 is 0. The van der Waals surface area contributed by atoms with Crippen molar-refractivity contribution < 1.29 is 24.2 Å². The van der Waals surface area contributed by atoms with Crippen LogP contribution in [0.4, 0.5) is 0 Å². The first-order valence-electron chi connectivity index (χ1n) is 6.07. The second-order valence-electron chi connectivity index (χ2n) is 4.67. The van der Waals surface area contributed by atoms with Crippen molar-refractivity contribution in [3.05, 3.63) is 0 Å². The summed E-state index contributed by atoms with van der Waals surface area (Å²) in [6.07, 6.45) is 2.53. The van der Waals surface area contributed by atoms with Crippen molar-refractivity contribution in [1.29, 1.82) is 0 Å². The number of carbonyl (C=O) groups is 2. The molecule has 1 unspecified atom stereocenters. The third-order valence-corrected chi connectivity index (χ3v) is 3.33. The number of aliphatic carboxylic acids is 1. The summed E-state index contributed by atoms with van der Waals surface area (Å²) in [6, 6.07) is -0.877. The highest BCUT2D eigenvalue weighted by Crippen LogP contribution is 2.49. The lowest BCUT2D eigenvalue weighted by molar-refractivity contribution is -0.143. The van der Waals surface area contributed by atoms with E-state index in [1.165, 1.54) is 7.11 Å². The van der Waals surface area contributed by atoms with Gasteiger partial charge in [-0.25, -0.2) is 4.79 Å². The maximum atomic E-state index is 12.0. The molecule has 1 rings (SSSR count). The van der Waals surface area contributed by atoms with Gasteiger partial charge < -0.3 is 19.9 Å². The Balaban J connectivity index is 2.48. The second-order valence-corrected chi connectivity index (χ2v) is 4.67. The van der Waals surface area contributed by atoms with Gasteiger partial charge in [0.15, 0.2) is 0 Å². The van der Waals surface area contributed by atoms with E-state index in [0.29, 0.717) is 19.6 Å². The quantitative estimate of drug-likeness (QED) is 0.626. The number of hydrogen-bond acceptors (Lipinski definition) is 4. The average Bonchev–Trinajstić information content (AvgIpc) is 3.12. The monoisotopic (exact) mass is 259 g/mol. The van der Waals surface area contributed by atoms with Crippen molar-refractivity contribution in [3.63, 3.8) is 0 Å². The van der Waals surface area contributed by atoms with Crippen molar-refractivity contribution in [2.24, 2.45) is 5.41 Å². The van der Waals surface area contributed by atoms with E-state index >= 15 is 0 Å². The van der Waals surface area contributed by atoms with Crippen LogP contribution in [0.2, 0.25) is 0 Å². The van der Waals surface area contributed by atoms with Crippen LogP contribution in [0.5, 0.6) is 0 Å². The van der Waals surface area contributed by atoms with Gasteiger partial charge in [0.1, 0.15) is 6.04 Å². The number of ether oxygens (including phenoxy) is 2. The number of carboxylic acid groups (broad SMARTS) is 1. The van der Waals surface area contributed by atoms with Crippen LogP contribution < -0.4 is 5.32 Å². The fraction of sp³-hybridized carbons (Fsp3) is 0.833. The van der Waals surface area contributed by atoms with E-state index in [9.17, 15) is 9.59 Å². The standard InChI is InChI=1S/C12H21NO5/c1-17-7-3-9(10(14)15)13-11(16)12(4-5-12)6-8-18-2/h9H,3-8H2,1-2H3,(H,13,16)(H,14,15). The summed E-state index contributed by atoms with van der Waals surface area (Å²) < 4.78 is 9.80. The Bertz CT molecular complexity index is 301. The summed E-state index contributed by atoms with van der Waals surface area (Å²) in [7, 11) is 3.09. The predicted molar refractivity (Wildman–Crippen MR) is 64.2 cm³/mol. The highest BCUT2D eigenvalue weighted by atomic mass is 16.5. The van der Waals surface area contributed by atoms with Gasteiger partial charge in [-0.05, 0) is 19.3 Å². The molecule has 0 bridgehead atoms. The topological polar surface area (TPSA) is 84.9 Å². The van der Waals surface area contributed by atoms with Crippen molar-refractivity contribution in [2.75, 3.05) is 27.4 Å². The van der Waals surface area contributed by atoms with Crippen LogP contribution >= 0.6 is 0 Å². The van der Waals surface area contributed by atoms with Crippen LogP contribution in [0.1, 0.15) is 25.7 Å². The number of amides is 1. The Hall–Kier alpha value is -1.14. The van der Waals surface area contributed by atoms with Crippen LogP contribution in [0.3, 0.4) is 0 Å². The zero-order valence-corrected chi connectivity index (χ0v) is 10.9. The zero-order chi connectivity index (χ0) is 13.6. The Labute approximate surface area is 107 Å². The van der Waals surface area contributed by atoms with E-state index in [2.05, 4.69) is 5.32 Å². The third-order valence-electron chi connectivity index (χ3n) is 3.33. The molecular formula is C12H21NO5. The van der Waals surface area contributed by atoms with Crippen LogP contribution in [-0.4, -0.2) is 50.5 Å². The van der Waals surface area contributed by atoms with Crippen LogP contribution in [0, 0.1) is 5.41 Å². The fourth-order valence-electron chi connectivity index (χ4n) is 1.84. The first kappa shape index (κ1) is 14.9. The van der Waals surface area contributed by atoms with Gasteiger partial charge in [0.2, 0.25) is 5.91 Å². The normalized spacial score (nSPS) is 18.1. The van der Waals surface area contributed by atoms with E-state index in [0.717, 1.165) is 12.8 Å². The molecule has 1 saturated carbocycles. The average molecular weight is 259 g/mol. The van der Waals surface area contributed by atoms with Gasteiger partial charge >= 0.3 is 5.97 Å². The number of nitrogens with one attached hydrogen (secondary N) is 1. The van der Waals surface area contributed by atoms with E-state index in [1.807, 2.05) is 0 Å². The molecule has 1 aliphatic rings. The van der Waals surface area contributed by atoms with Crippen molar-refractivity contribution in [2.45, 2.75) is 31.7 Å². The van der Waals surface area contributed by atoms with Crippen LogP contribution in [0.25, 0.3) is 0 Å². The Morgan fingerprint density at radius 2 is 1.89 bits per heavy atom. The second kappa shape index (κ2) is 6.70. The third kappa shape index (κ3) is 3.96. The fourth-order valence-corrected chi connectivity index (χ4v) is 1.84. The predicted octanol–water partition coefficient (Wildman–Crippen LogP) is 0.409. The van der Waals surface area contributed by atoms with Gasteiger partial charge in [0.25, 0.3) is 0 Å². The van der Waals surface area contributed by atoms with Gasteiger partial charge in [-0.15, -0.1) is 0 Å². The summed E-state index contributed by atoms with van der Waals surface area (Å²) in [5.74, 6) is -1.20. The lowest BCUT2D eigenvalue weighted by Crippen LogP contribution is -2.45. The Kier molecular flexibility index (Phi) is 5.55. The van der Waals surface area contributed by atoms with Gasteiger partial charge in [-0.2, -0.15) is 0 Å². The zero-order valence-electron chi connectivity index (χ0n) is 10.9. The molecule has 0 aromatic rings. The molecule has 18 heavy (non-hydrogen) atoms. The van der Waals surface area contributed by atoms with E-state index in [4.69, 9.17) is 14.6 Å². The molecule has 6 heteroatoms. The van der Waals surface area contributed by atoms with Crippen LogP contribution in [0.15, 0.2) is 0 Å². The molecular weight excluding hydrogens is 238 g/mol. The van der Waals surface area contributed by atoms with E-state index < -0.39 is 17.4 Å². The number of hydrogen-bond donors (Lipinski definition) is 2.